The van der Waals surface area contributed by atoms with Gasteiger partial charge in [0.2, 0.25) is 0 Å². The summed E-state index contributed by atoms with van der Waals surface area (Å²) in [6.45, 7) is 0.800. The van der Waals surface area contributed by atoms with Crippen molar-refractivity contribution in [2.75, 3.05) is 11.9 Å². The second-order valence-corrected chi connectivity index (χ2v) is 5.75. The van der Waals surface area contributed by atoms with Crippen LogP contribution < -0.4 is 10.6 Å². The summed E-state index contributed by atoms with van der Waals surface area (Å²) in [5.41, 5.74) is -0.649. The van der Waals surface area contributed by atoms with Crippen LogP contribution in [0.3, 0.4) is 0 Å². The second-order valence-electron chi connectivity index (χ2n) is 5.75. The first-order chi connectivity index (χ1) is 13.2. The molecule has 2 rings (SSSR count). The van der Waals surface area contributed by atoms with Gasteiger partial charge in [-0.2, -0.15) is 13.2 Å². The van der Waals surface area contributed by atoms with Crippen LogP contribution in [0.15, 0.2) is 54.6 Å². The summed E-state index contributed by atoms with van der Waals surface area (Å²) in [5, 5.41) is 4.59. The van der Waals surface area contributed by atoms with Gasteiger partial charge < -0.3 is 15.4 Å². The average Bonchev–Trinajstić information content (AvgIpc) is 2.66. The van der Waals surface area contributed by atoms with Gasteiger partial charge in [0.25, 0.3) is 11.8 Å². The zero-order valence-corrected chi connectivity index (χ0v) is 14.7. The first-order valence-corrected chi connectivity index (χ1v) is 8.17. The van der Waals surface area contributed by atoms with E-state index in [-0.39, 0.29) is 5.69 Å². The van der Waals surface area contributed by atoms with Crippen LogP contribution in [-0.2, 0) is 20.5 Å². The minimum Gasteiger partial charge on any atom is -0.451 e. The maximum atomic E-state index is 12.7. The van der Waals surface area contributed by atoms with Crippen LogP contribution in [0.4, 0.5) is 18.9 Å². The molecule has 1 atom stereocenters. The Morgan fingerprint density at radius 3 is 2.36 bits per heavy atom. The fraction of sp³-hybridized carbons (Fsp3) is 0.211. The van der Waals surface area contributed by atoms with Gasteiger partial charge in [0, 0.05) is 11.3 Å². The lowest BCUT2D eigenvalue weighted by Crippen LogP contribution is -2.35. The van der Waals surface area contributed by atoms with Gasteiger partial charge in [-0.05, 0) is 37.3 Å². The van der Waals surface area contributed by atoms with Crippen molar-refractivity contribution in [3.8, 4) is 0 Å². The maximum absolute atomic E-state index is 12.7. The van der Waals surface area contributed by atoms with E-state index in [0.29, 0.717) is 5.56 Å². The molecule has 0 aliphatic heterocycles. The van der Waals surface area contributed by atoms with E-state index in [1.54, 1.807) is 30.3 Å². The number of ether oxygens (including phenoxy) is 1. The Bertz CT molecular complexity index is 854. The van der Waals surface area contributed by atoms with Crippen LogP contribution in [0.25, 0.3) is 0 Å². The van der Waals surface area contributed by atoms with Crippen molar-refractivity contribution >= 4 is 23.5 Å². The predicted octanol–water partition coefficient (Wildman–Crippen LogP) is 3.01. The van der Waals surface area contributed by atoms with Gasteiger partial charge in [-0.3, -0.25) is 14.4 Å². The topological polar surface area (TPSA) is 84.5 Å². The lowest BCUT2D eigenvalue weighted by Gasteiger charge is -2.15. The van der Waals surface area contributed by atoms with Gasteiger partial charge in [0.15, 0.2) is 6.10 Å². The van der Waals surface area contributed by atoms with E-state index in [4.69, 9.17) is 4.74 Å². The first kappa shape index (κ1) is 20.9. The lowest BCUT2D eigenvalue weighted by atomic mass is 10.2. The molecule has 0 saturated carbocycles. The Labute approximate surface area is 158 Å². The van der Waals surface area contributed by atoms with E-state index in [1.165, 1.54) is 13.0 Å². The zero-order chi connectivity index (χ0) is 20.7. The molecule has 0 aliphatic rings. The monoisotopic (exact) mass is 394 g/mol. The van der Waals surface area contributed by atoms with E-state index in [2.05, 4.69) is 10.6 Å². The number of benzene rings is 2. The molecule has 1 unspecified atom stereocenters. The van der Waals surface area contributed by atoms with Crippen molar-refractivity contribution in [2.45, 2.75) is 19.2 Å². The SMILES string of the molecule is CC(OC(=O)CNC(=O)c1ccccc1)C(=O)Nc1cccc(C(F)(F)F)c1. The quantitative estimate of drug-likeness (QED) is 0.738. The molecule has 6 nitrogen and oxygen atoms in total. The van der Waals surface area contributed by atoms with Crippen molar-refractivity contribution in [1.29, 1.82) is 0 Å². The van der Waals surface area contributed by atoms with E-state index >= 15 is 0 Å². The Morgan fingerprint density at radius 2 is 1.71 bits per heavy atom. The molecular weight excluding hydrogens is 377 g/mol. The number of esters is 1. The highest BCUT2D eigenvalue weighted by atomic mass is 19.4. The summed E-state index contributed by atoms with van der Waals surface area (Å²) in [4.78, 5) is 35.6. The Balaban J connectivity index is 1.85. The van der Waals surface area contributed by atoms with E-state index in [0.717, 1.165) is 18.2 Å². The largest absolute Gasteiger partial charge is 0.451 e. The molecule has 2 N–H and O–H groups in total. The fourth-order valence-electron chi connectivity index (χ4n) is 2.15. The number of nitrogens with one attached hydrogen (secondary N) is 2. The van der Waals surface area contributed by atoms with Crippen LogP contribution in [0.5, 0.6) is 0 Å². The summed E-state index contributed by atoms with van der Waals surface area (Å²) >= 11 is 0. The molecule has 0 radical (unpaired) electrons. The molecule has 9 heteroatoms. The Morgan fingerprint density at radius 1 is 1.04 bits per heavy atom. The third-order valence-corrected chi connectivity index (χ3v) is 3.56. The van der Waals surface area contributed by atoms with E-state index < -0.39 is 42.2 Å². The standard InChI is InChI=1S/C19H17F3N2O4/c1-12(17(26)24-15-9-5-8-14(10-15)19(20,21)22)28-16(25)11-23-18(27)13-6-3-2-4-7-13/h2-10,12H,11H2,1H3,(H,23,27)(H,24,26). The second kappa shape index (κ2) is 9.03. The molecule has 0 heterocycles. The van der Waals surface area contributed by atoms with Crippen molar-refractivity contribution in [3.05, 3.63) is 65.7 Å². The van der Waals surface area contributed by atoms with Gasteiger partial charge in [-0.15, -0.1) is 0 Å². The lowest BCUT2D eigenvalue weighted by molar-refractivity contribution is -0.152. The number of alkyl halides is 3. The molecule has 148 valence electrons. The number of halogens is 3. The Kier molecular flexibility index (Phi) is 6.75. The molecule has 2 aromatic rings. The van der Waals surface area contributed by atoms with Crippen LogP contribution in [-0.4, -0.2) is 30.4 Å². The highest BCUT2D eigenvalue weighted by molar-refractivity contribution is 5.97. The minimum absolute atomic E-state index is 0.0832. The van der Waals surface area contributed by atoms with Crippen LogP contribution in [0.1, 0.15) is 22.8 Å². The highest BCUT2D eigenvalue weighted by Crippen LogP contribution is 2.30. The third-order valence-electron chi connectivity index (χ3n) is 3.56. The molecule has 2 aromatic carbocycles. The maximum Gasteiger partial charge on any atom is 0.416 e. The predicted molar refractivity (Wildman–Crippen MR) is 94.4 cm³/mol. The Hall–Kier alpha value is -3.36. The normalized spacial score (nSPS) is 12.0. The molecule has 0 bridgehead atoms. The minimum atomic E-state index is -4.55. The van der Waals surface area contributed by atoms with Gasteiger partial charge in [-0.25, -0.2) is 0 Å². The van der Waals surface area contributed by atoms with Gasteiger partial charge in [-0.1, -0.05) is 24.3 Å². The van der Waals surface area contributed by atoms with Crippen LogP contribution >= 0.6 is 0 Å². The molecule has 2 amide bonds. The number of hydrogen-bond donors (Lipinski definition) is 2. The summed E-state index contributed by atoms with van der Waals surface area (Å²) in [6.07, 6.45) is -5.81. The fourth-order valence-corrected chi connectivity index (χ4v) is 2.15. The zero-order valence-electron chi connectivity index (χ0n) is 14.7. The van der Waals surface area contributed by atoms with Crippen molar-refractivity contribution in [3.63, 3.8) is 0 Å². The highest BCUT2D eigenvalue weighted by Gasteiger charge is 2.30. The van der Waals surface area contributed by atoms with Crippen LogP contribution in [0, 0.1) is 0 Å². The number of carbonyl (C=O) groups excluding carboxylic acids is 3. The summed E-state index contributed by atoms with van der Waals surface area (Å²) in [7, 11) is 0. The molecule has 0 spiro atoms. The summed E-state index contributed by atoms with van der Waals surface area (Å²) in [5.74, 6) is -2.16. The van der Waals surface area contributed by atoms with Gasteiger partial charge in [0.05, 0.1) is 5.56 Å². The number of amides is 2. The summed E-state index contributed by atoms with van der Waals surface area (Å²) in [6, 6.07) is 12.2. The first-order valence-electron chi connectivity index (χ1n) is 8.17. The molecule has 0 saturated heterocycles. The number of hydrogen-bond acceptors (Lipinski definition) is 4. The van der Waals surface area contributed by atoms with Crippen LogP contribution in [0.2, 0.25) is 0 Å². The van der Waals surface area contributed by atoms with Crippen molar-refractivity contribution in [2.24, 2.45) is 0 Å². The van der Waals surface area contributed by atoms with Gasteiger partial charge in [0.1, 0.15) is 6.54 Å². The molecule has 0 aliphatic carbocycles. The van der Waals surface area contributed by atoms with E-state index in [9.17, 15) is 27.6 Å². The molecule has 0 fully saturated rings. The number of carbonyl (C=O) groups is 3. The molecular formula is C19H17F3N2O4. The van der Waals surface area contributed by atoms with E-state index in [1.807, 2.05) is 0 Å². The van der Waals surface area contributed by atoms with Crippen molar-refractivity contribution < 1.29 is 32.3 Å². The third kappa shape index (κ3) is 6.11. The molecule has 28 heavy (non-hydrogen) atoms. The van der Waals surface area contributed by atoms with Crippen molar-refractivity contribution in [1.82, 2.24) is 5.32 Å². The van der Waals surface area contributed by atoms with Gasteiger partial charge >= 0.3 is 12.1 Å². The smallest absolute Gasteiger partial charge is 0.416 e. The number of rotatable bonds is 6. The average molecular weight is 394 g/mol. The molecule has 0 aromatic heterocycles. The summed E-state index contributed by atoms with van der Waals surface area (Å²) < 4.78 is 43.0. The number of anilines is 1.